The van der Waals surface area contributed by atoms with Crippen LogP contribution in [0.25, 0.3) is 0 Å². The minimum absolute atomic E-state index is 0.00975. The van der Waals surface area contributed by atoms with Gasteiger partial charge < -0.3 is 5.73 Å². The molecule has 116 valence electrons. The van der Waals surface area contributed by atoms with Crippen LogP contribution in [-0.2, 0) is 10.0 Å². The average Bonchev–Trinajstić information content (AvgIpc) is 2.41. The molecule has 7 heteroatoms. The molecule has 1 fully saturated rings. The maximum absolute atomic E-state index is 13.5. The summed E-state index contributed by atoms with van der Waals surface area (Å²) in [6.07, 6.45) is 3.97. The van der Waals surface area contributed by atoms with Crippen molar-refractivity contribution in [3.63, 3.8) is 0 Å². The lowest BCUT2D eigenvalue weighted by atomic mass is 9.87. The van der Waals surface area contributed by atoms with Gasteiger partial charge in [0.05, 0.1) is 4.90 Å². The average molecular weight is 330 g/mol. The monoisotopic (exact) mass is 330 g/mol. The molecule has 3 N–H and O–H groups in total. The molecule has 0 radical (unpaired) electrons. The molecule has 4 nitrogen and oxygen atoms in total. The maximum Gasteiger partial charge on any atom is 0.240 e. The quantitative estimate of drug-likeness (QED) is 0.831. The van der Waals surface area contributed by atoms with E-state index in [2.05, 4.69) is 4.72 Å². The van der Waals surface area contributed by atoms with Gasteiger partial charge in [-0.3, -0.25) is 0 Å². The van der Waals surface area contributed by atoms with Gasteiger partial charge in [0.1, 0.15) is 10.8 Å². The predicted molar refractivity (Wildman–Crippen MR) is 84.0 cm³/mol. The topological polar surface area (TPSA) is 72.2 Å². The molecule has 2 unspecified atom stereocenters. The highest BCUT2D eigenvalue weighted by Crippen LogP contribution is 2.25. The number of nitrogens with one attached hydrogen (secondary N) is 1. The first kappa shape index (κ1) is 16.3. The summed E-state index contributed by atoms with van der Waals surface area (Å²) in [7, 11) is -3.70. The Kier molecular flexibility index (Phi) is 4.95. The van der Waals surface area contributed by atoms with Gasteiger partial charge in [-0.05, 0) is 37.0 Å². The molecule has 1 saturated carbocycles. The minimum Gasteiger partial charge on any atom is -0.389 e. The fraction of sp³-hybridized carbons (Fsp3) is 0.500. The van der Waals surface area contributed by atoms with Crippen LogP contribution in [0.15, 0.2) is 23.1 Å². The number of thiocarbonyl (C=S) groups is 1. The third-order valence-electron chi connectivity index (χ3n) is 3.93. The van der Waals surface area contributed by atoms with Crippen molar-refractivity contribution in [3.05, 3.63) is 29.6 Å². The second kappa shape index (κ2) is 6.37. The zero-order chi connectivity index (χ0) is 15.6. The van der Waals surface area contributed by atoms with Gasteiger partial charge in [0.25, 0.3) is 0 Å². The molecule has 2 rings (SSSR count). The normalized spacial score (nSPS) is 23.0. The number of rotatable bonds is 4. The number of nitrogens with two attached hydrogens (primary N) is 1. The number of hydrogen-bond acceptors (Lipinski definition) is 3. The third-order valence-corrected chi connectivity index (χ3v) is 5.64. The lowest BCUT2D eigenvalue weighted by Gasteiger charge is -2.29. The molecule has 0 aliphatic heterocycles. The van der Waals surface area contributed by atoms with Gasteiger partial charge in [-0.1, -0.05) is 32.0 Å². The second-order valence-electron chi connectivity index (χ2n) is 5.50. The van der Waals surface area contributed by atoms with Gasteiger partial charge in [-0.25, -0.2) is 17.5 Å². The van der Waals surface area contributed by atoms with Gasteiger partial charge in [-0.15, -0.1) is 0 Å². The van der Waals surface area contributed by atoms with Crippen LogP contribution in [0.2, 0.25) is 0 Å². The van der Waals surface area contributed by atoms with Crippen molar-refractivity contribution >= 4 is 27.2 Å². The Bertz CT molecular complexity index is 646. The van der Waals surface area contributed by atoms with E-state index in [9.17, 15) is 12.8 Å². The predicted octanol–water partition coefficient (Wildman–Crippen LogP) is 2.32. The number of hydrogen-bond donors (Lipinski definition) is 2. The molecule has 2 atom stereocenters. The molecule has 1 aromatic rings. The molecule has 0 aromatic heterocycles. The molecule has 1 aliphatic carbocycles. The van der Waals surface area contributed by atoms with Crippen molar-refractivity contribution < 1.29 is 12.8 Å². The van der Waals surface area contributed by atoms with Crippen molar-refractivity contribution in [3.8, 4) is 0 Å². The van der Waals surface area contributed by atoms with E-state index in [-0.39, 0.29) is 21.5 Å². The van der Waals surface area contributed by atoms with Gasteiger partial charge >= 0.3 is 0 Å². The Morgan fingerprint density at radius 1 is 1.38 bits per heavy atom. The van der Waals surface area contributed by atoms with Crippen LogP contribution in [0.1, 0.15) is 38.2 Å². The van der Waals surface area contributed by atoms with Crippen LogP contribution in [0.4, 0.5) is 4.39 Å². The smallest absolute Gasteiger partial charge is 0.240 e. The van der Waals surface area contributed by atoms with Crippen molar-refractivity contribution in [1.82, 2.24) is 4.72 Å². The summed E-state index contributed by atoms with van der Waals surface area (Å²) in [5, 5.41) is 0. The summed E-state index contributed by atoms with van der Waals surface area (Å²) in [6.45, 7) is 2.04. The largest absolute Gasteiger partial charge is 0.389 e. The highest BCUT2D eigenvalue weighted by Gasteiger charge is 2.27. The Labute approximate surface area is 130 Å². The summed E-state index contributed by atoms with van der Waals surface area (Å²) >= 11 is 4.73. The minimum atomic E-state index is -3.70. The van der Waals surface area contributed by atoms with Crippen molar-refractivity contribution in [1.29, 1.82) is 0 Å². The SMILES string of the molecule is CC1CCCCC1NS(=O)(=O)c1ccc(F)c(C(N)=S)c1. The van der Waals surface area contributed by atoms with E-state index in [1.807, 2.05) is 6.92 Å². The molecule has 0 saturated heterocycles. The first-order valence-corrected chi connectivity index (χ1v) is 8.82. The summed E-state index contributed by atoms with van der Waals surface area (Å²) in [4.78, 5) is -0.167. The number of benzene rings is 1. The summed E-state index contributed by atoms with van der Waals surface area (Å²) in [6, 6.07) is 3.41. The van der Waals surface area contributed by atoms with Gasteiger partial charge in [-0.2, -0.15) is 0 Å². The molecule has 0 amide bonds. The summed E-state index contributed by atoms with van der Waals surface area (Å²) in [5.74, 6) is -0.323. The van der Waals surface area contributed by atoms with E-state index in [0.717, 1.165) is 31.7 Å². The summed E-state index contributed by atoms with van der Waals surface area (Å²) < 4.78 is 41.1. The van der Waals surface area contributed by atoms with Crippen LogP contribution >= 0.6 is 12.2 Å². The molecule has 0 spiro atoms. The molecule has 21 heavy (non-hydrogen) atoms. The Hall–Kier alpha value is -1.05. The van der Waals surface area contributed by atoms with Crippen molar-refractivity contribution in [2.75, 3.05) is 0 Å². The van der Waals surface area contributed by atoms with Crippen LogP contribution in [0.5, 0.6) is 0 Å². The molecule has 0 heterocycles. The van der Waals surface area contributed by atoms with Gasteiger partial charge in [0, 0.05) is 11.6 Å². The molecular formula is C14H19FN2O2S2. The Morgan fingerprint density at radius 2 is 2.05 bits per heavy atom. The first-order valence-electron chi connectivity index (χ1n) is 6.93. The first-order chi connectivity index (χ1) is 9.81. The van der Waals surface area contributed by atoms with E-state index in [0.29, 0.717) is 5.92 Å². The van der Waals surface area contributed by atoms with Gasteiger partial charge in [0.2, 0.25) is 10.0 Å². The van der Waals surface area contributed by atoms with Gasteiger partial charge in [0.15, 0.2) is 0 Å². The highest BCUT2D eigenvalue weighted by molar-refractivity contribution is 7.89. The molecule has 0 bridgehead atoms. The summed E-state index contributed by atoms with van der Waals surface area (Å²) in [5.41, 5.74) is 5.36. The zero-order valence-electron chi connectivity index (χ0n) is 11.8. The van der Waals surface area contributed by atoms with E-state index in [1.165, 1.54) is 12.1 Å². The molecular weight excluding hydrogens is 311 g/mol. The third kappa shape index (κ3) is 3.78. The van der Waals surface area contributed by atoms with Crippen LogP contribution in [-0.4, -0.2) is 19.4 Å². The van der Waals surface area contributed by atoms with E-state index in [4.69, 9.17) is 18.0 Å². The number of sulfonamides is 1. The van der Waals surface area contributed by atoms with E-state index in [1.54, 1.807) is 0 Å². The fourth-order valence-corrected chi connectivity index (χ4v) is 4.18. The van der Waals surface area contributed by atoms with Crippen LogP contribution in [0.3, 0.4) is 0 Å². The maximum atomic E-state index is 13.5. The van der Waals surface area contributed by atoms with E-state index < -0.39 is 15.8 Å². The van der Waals surface area contributed by atoms with Crippen molar-refractivity contribution in [2.45, 2.75) is 43.5 Å². The number of halogens is 1. The Balaban J connectivity index is 2.27. The van der Waals surface area contributed by atoms with Crippen LogP contribution < -0.4 is 10.5 Å². The Morgan fingerprint density at radius 3 is 2.67 bits per heavy atom. The standard InChI is InChI=1S/C14H19FN2O2S2/c1-9-4-2-3-5-13(9)17-21(18,19)10-6-7-12(15)11(8-10)14(16)20/h6-9,13,17H,2-5H2,1H3,(H2,16,20). The molecule has 1 aliphatic rings. The lowest BCUT2D eigenvalue weighted by molar-refractivity contribution is 0.310. The highest BCUT2D eigenvalue weighted by atomic mass is 32.2. The fourth-order valence-electron chi connectivity index (χ4n) is 2.62. The second-order valence-corrected chi connectivity index (χ2v) is 7.65. The lowest BCUT2D eigenvalue weighted by Crippen LogP contribution is -2.41. The van der Waals surface area contributed by atoms with Crippen molar-refractivity contribution in [2.24, 2.45) is 11.7 Å². The molecule has 1 aromatic carbocycles. The van der Waals surface area contributed by atoms with E-state index >= 15 is 0 Å². The zero-order valence-corrected chi connectivity index (χ0v) is 13.4. The van der Waals surface area contributed by atoms with Crippen LogP contribution in [0, 0.1) is 11.7 Å².